The van der Waals surface area contributed by atoms with Crippen LogP contribution in [0.1, 0.15) is 5.69 Å². The number of aromatic amines is 1. The molecule has 3 heterocycles. The Hall–Kier alpha value is -2.87. The van der Waals surface area contributed by atoms with Gasteiger partial charge in [-0.25, -0.2) is 5.43 Å². The molecule has 0 saturated heterocycles. The number of hydrogen-bond donors (Lipinski definition) is 2. The van der Waals surface area contributed by atoms with Crippen molar-refractivity contribution < 1.29 is 0 Å². The smallest absolute Gasteiger partial charge is 0.265 e. The van der Waals surface area contributed by atoms with Gasteiger partial charge >= 0.3 is 0 Å². The monoisotopic (exact) mass is 367 g/mol. The van der Waals surface area contributed by atoms with Gasteiger partial charge in [-0.2, -0.15) is 10.1 Å². The van der Waals surface area contributed by atoms with Crippen molar-refractivity contribution in [2.75, 3.05) is 5.43 Å². The summed E-state index contributed by atoms with van der Waals surface area (Å²) in [5.74, 6) is 0.315. The molecule has 0 bridgehead atoms. The first kappa shape index (κ1) is 13.8. The van der Waals surface area contributed by atoms with Gasteiger partial charge in [0.2, 0.25) is 0 Å². The average Bonchev–Trinajstić information content (AvgIpc) is 2.93. The van der Waals surface area contributed by atoms with Crippen LogP contribution < -0.4 is 5.43 Å². The van der Waals surface area contributed by atoms with Gasteiger partial charge in [0.15, 0.2) is 5.65 Å². The fourth-order valence-electron chi connectivity index (χ4n) is 2.20. The van der Waals surface area contributed by atoms with Crippen LogP contribution in [-0.4, -0.2) is 31.4 Å². The van der Waals surface area contributed by atoms with Crippen molar-refractivity contribution in [2.24, 2.45) is 5.10 Å². The molecule has 23 heavy (non-hydrogen) atoms. The number of benzene rings is 1. The molecular weight excluding hydrogens is 358 g/mol. The van der Waals surface area contributed by atoms with Crippen LogP contribution in [0, 0.1) is 0 Å². The molecule has 1 aromatic carbocycles. The molecule has 7 nitrogen and oxygen atoms in total. The van der Waals surface area contributed by atoms with E-state index in [1.165, 1.54) is 0 Å². The summed E-state index contributed by atoms with van der Waals surface area (Å²) in [4.78, 5) is 11.7. The average molecular weight is 368 g/mol. The van der Waals surface area contributed by atoms with Crippen molar-refractivity contribution in [1.29, 1.82) is 0 Å². The number of fused-ring (bicyclic) bond motifs is 3. The van der Waals surface area contributed by atoms with E-state index in [1.54, 1.807) is 12.4 Å². The van der Waals surface area contributed by atoms with Crippen LogP contribution in [0.4, 0.5) is 5.95 Å². The van der Waals surface area contributed by atoms with E-state index in [1.807, 2.05) is 36.4 Å². The third-order valence-corrected chi connectivity index (χ3v) is 3.72. The maximum atomic E-state index is 4.38. The van der Waals surface area contributed by atoms with E-state index in [4.69, 9.17) is 0 Å². The minimum absolute atomic E-state index is 0.315. The standard InChI is InChI=1S/C15H10BrN7/c16-9-4-5-12-11(7-9)13-14(19-12)20-15(23-21-13)22-18-8-10-3-1-2-6-17-10/h1-8H,(H2,19,20,22,23). The first-order valence-corrected chi connectivity index (χ1v) is 7.61. The minimum atomic E-state index is 0.315. The second-order valence-corrected chi connectivity index (χ2v) is 5.69. The van der Waals surface area contributed by atoms with Gasteiger partial charge in [0.25, 0.3) is 5.95 Å². The molecule has 0 unspecified atom stereocenters. The highest BCUT2D eigenvalue weighted by Crippen LogP contribution is 2.25. The molecule has 3 aromatic heterocycles. The number of H-pyrrole nitrogens is 1. The van der Waals surface area contributed by atoms with Crippen LogP contribution in [0.25, 0.3) is 22.1 Å². The summed E-state index contributed by atoms with van der Waals surface area (Å²) in [7, 11) is 0. The highest BCUT2D eigenvalue weighted by Gasteiger charge is 2.09. The quantitative estimate of drug-likeness (QED) is 0.428. The first-order chi connectivity index (χ1) is 11.3. The highest BCUT2D eigenvalue weighted by atomic mass is 79.9. The summed E-state index contributed by atoms with van der Waals surface area (Å²) >= 11 is 3.45. The summed E-state index contributed by atoms with van der Waals surface area (Å²) in [6, 6.07) is 11.5. The van der Waals surface area contributed by atoms with E-state index in [0.29, 0.717) is 11.6 Å². The predicted octanol–water partition coefficient (Wildman–Crippen LogP) is 3.11. The van der Waals surface area contributed by atoms with Gasteiger partial charge in [0.05, 0.1) is 11.9 Å². The van der Waals surface area contributed by atoms with Crippen LogP contribution in [-0.2, 0) is 0 Å². The molecule has 4 rings (SSSR count). The number of hydrogen-bond acceptors (Lipinski definition) is 6. The summed E-state index contributed by atoms with van der Waals surface area (Å²) in [6.45, 7) is 0. The summed E-state index contributed by atoms with van der Waals surface area (Å²) in [6.07, 6.45) is 3.30. The van der Waals surface area contributed by atoms with Gasteiger partial charge < -0.3 is 4.98 Å². The molecule has 0 atom stereocenters. The van der Waals surface area contributed by atoms with Gasteiger partial charge in [0, 0.05) is 21.6 Å². The van der Waals surface area contributed by atoms with Crippen LogP contribution in [0.5, 0.6) is 0 Å². The molecular formula is C15H10BrN7. The Kier molecular flexibility index (Phi) is 3.43. The first-order valence-electron chi connectivity index (χ1n) is 6.81. The van der Waals surface area contributed by atoms with Crippen molar-refractivity contribution in [2.45, 2.75) is 0 Å². The molecule has 8 heteroatoms. The lowest BCUT2D eigenvalue weighted by molar-refractivity contribution is 1.01. The number of halogens is 1. The second-order valence-electron chi connectivity index (χ2n) is 4.77. The Morgan fingerprint density at radius 1 is 1.17 bits per heavy atom. The molecule has 0 fully saturated rings. The molecule has 0 aliphatic rings. The summed E-state index contributed by atoms with van der Waals surface area (Å²) < 4.78 is 0.981. The van der Waals surface area contributed by atoms with Gasteiger partial charge in [0.1, 0.15) is 5.52 Å². The Morgan fingerprint density at radius 2 is 2.13 bits per heavy atom. The maximum absolute atomic E-state index is 4.38. The number of nitrogens with one attached hydrogen (secondary N) is 2. The summed E-state index contributed by atoms with van der Waals surface area (Å²) in [5, 5.41) is 13.3. The molecule has 0 spiro atoms. The van der Waals surface area contributed by atoms with E-state index >= 15 is 0 Å². The lowest BCUT2D eigenvalue weighted by Crippen LogP contribution is -1.99. The molecule has 0 amide bonds. The Labute approximate surface area is 139 Å². The number of anilines is 1. The third-order valence-electron chi connectivity index (χ3n) is 3.23. The van der Waals surface area contributed by atoms with Crippen molar-refractivity contribution >= 4 is 50.2 Å². The van der Waals surface area contributed by atoms with Gasteiger partial charge in [-0.05, 0) is 30.3 Å². The van der Waals surface area contributed by atoms with Crippen molar-refractivity contribution in [3.05, 3.63) is 52.8 Å². The number of pyridine rings is 1. The van der Waals surface area contributed by atoms with Crippen molar-refractivity contribution in [3.63, 3.8) is 0 Å². The van der Waals surface area contributed by atoms with Gasteiger partial charge in [-0.1, -0.05) is 22.0 Å². The molecule has 2 N–H and O–H groups in total. The van der Waals surface area contributed by atoms with Crippen LogP contribution in [0.3, 0.4) is 0 Å². The fourth-order valence-corrected chi connectivity index (χ4v) is 2.56. The molecule has 0 aliphatic heterocycles. The van der Waals surface area contributed by atoms with Crippen LogP contribution >= 0.6 is 15.9 Å². The number of nitrogens with zero attached hydrogens (tertiary/aromatic N) is 5. The number of rotatable bonds is 3. The van der Waals surface area contributed by atoms with E-state index < -0.39 is 0 Å². The number of hydrazone groups is 1. The Morgan fingerprint density at radius 3 is 3.00 bits per heavy atom. The lowest BCUT2D eigenvalue weighted by atomic mass is 10.2. The van der Waals surface area contributed by atoms with Gasteiger partial charge in [-0.3, -0.25) is 4.98 Å². The Bertz CT molecular complexity index is 1010. The van der Waals surface area contributed by atoms with Crippen LogP contribution in [0.2, 0.25) is 0 Å². The zero-order valence-corrected chi connectivity index (χ0v) is 13.3. The second kappa shape index (κ2) is 5.73. The molecule has 112 valence electrons. The topological polar surface area (TPSA) is 91.7 Å². The van der Waals surface area contributed by atoms with Crippen molar-refractivity contribution in [3.8, 4) is 0 Å². The molecule has 0 aliphatic carbocycles. The van der Waals surface area contributed by atoms with E-state index in [-0.39, 0.29) is 0 Å². The summed E-state index contributed by atoms with van der Waals surface area (Å²) in [5.41, 5.74) is 5.83. The third kappa shape index (κ3) is 2.76. The van der Waals surface area contributed by atoms with Gasteiger partial charge in [-0.15, -0.1) is 10.2 Å². The largest absolute Gasteiger partial charge is 0.338 e. The molecule has 4 aromatic rings. The number of aromatic nitrogens is 5. The minimum Gasteiger partial charge on any atom is -0.338 e. The zero-order valence-electron chi connectivity index (χ0n) is 11.7. The maximum Gasteiger partial charge on any atom is 0.265 e. The fraction of sp³-hybridized carbons (Fsp3) is 0. The Balaban J connectivity index is 1.64. The predicted molar refractivity (Wildman–Crippen MR) is 92.3 cm³/mol. The molecule has 0 saturated carbocycles. The lowest BCUT2D eigenvalue weighted by Gasteiger charge is -1.97. The zero-order chi connectivity index (χ0) is 15.6. The normalized spacial score (nSPS) is 11.5. The van der Waals surface area contributed by atoms with Crippen LogP contribution in [0.15, 0.2) is 52.2 Å². The SMILES string of the molecule is Brc1ccc2[nH]c3nc(NN=Cc4ccccn4)nnc3c2c1. The molecule has 0 radical (unpaired) electrons. The van der Waals surface area contributed by atoms with E-state index in [2.05, 4.69) is 51.6 Å². The van der Waals surface area contributed by atoms with Crippen molar-refractivity contribution in [1.82, 2.24) is 25.1 Å². The van der Waals surface area contributed by atoms with E-state index in [0.717, 1.165) is 26.6 Å². The van der Waals surface area contributed by atoms with E-state index in [9.17, 15) is 0 Å². The highest BCUT2D eigenvalue weighted by molar-refractivity contribution is 9.10.